The van der Waals surface area contributed by atoms with Gasteiger partial charge >= 0.3 is 0 Å². The fourth-order valence-electron chi connectivity index (χ4n) is 3.84. The number of benzene rings is 2. The van der Waals surface area contributed by atoms with Crippen molar-refractivity contribution in [3.63, 3.8) is 0 Å². The molecular weight excluding hydrogens is 410 g/mol. The molecular formula is C26H31N7. The maximum absolute atomic E-state index is 4.81. The van der Waals surface area contributed by atoms with Gasteiger partial charge < -0.3 is 10.6 Å². The van der Waals surface area contributed by atoms with Gasteiger partial charge in [-0.3, -0.25) is 4.68 Å². The molecule has 2 N–H and O–H groups in total. The van der Waals surface area contributed by atoms with Crippen molar-refractivity contribution in [2.45, 2.75) is 40.4 Å². The van der Waals surface area contributed by atoms with Gasteiger partial charge in [0.15, 0.2) is 5.96 Å². The molecule has 0 aliphatic carbocycles. The van der Waals surface area contributed by atoms with Crippen LogP contribution in [0.5, 0.6) is 0 Å². The average Bonchev–Trinajstić information content (AvgIpc) is 3.45. The summed E-state index contributed by atoms with van der Waals surface area (Å²) in [5.41, 5.74) is 6.76. The van der Waals surface area contributed by atoms with Gasteiger partial charge in [0.05, 0.1) is 24.5 Å². The first-order valence-corrected chi connectivity index (χ1v) is 11.3. The summed E-state index contributed by atoms with van der Waals surface area (Å²) < 4.78 is 3.93. The summed E-state index contributed by atoms with van der Waals surface area (Å²) in [4.78, 5) is 4.81. The zero-order chi connectivity index (χ0) is 23.0. The Morgan fingerprint density at radius 3 is 2.58 bits per heavy atom. The second-order valence-corrected chi connectivity index (χ2v) is 8.04. The lowest BCUT2D eigenvalue weighted by Crippen LogP contribution is -2.37. The third kappa shape index (κ3) is 5.88. The summed E-state index contributed by atoms with van der Waals surface area (Å²) >= 11 is 0. The normalized spacial score (nSPS) is 11.5. The molecule has 2 heterocycles. The third-order valence-electron chi connectivity index (χ3n) is 5.33. The summed E-state index contributed by atoms with van der Waals surface area (Å²) in [5, 5.41) is 15.8. The highest BCUT2D eigenvalue weighted by Gasteiger charge is 2.09. The van der Waals surface area contributed by atoms with E-state index in [1.165, 1.54) is 11.1 Å². The molecule has 0 amide bonds. The van der Waals surface area contributed by atoms with E-state index in [1.807, 2.05) is 34.6 Å². The number of nitrogens with one attached hydrogen (secondary N) is 2. The number of nitrogens with zero attached hydrogens (tertiary/aromatic N) is 5. The lowest BCUT2D eigenvalue weighted by atomic mass is 10.1. The fourth-order valence-corrected chi connectivity index (χ4v) is 3.84. The van der Waals surface area contributed by atoms with Gasteiger partial charge in [-0.25, -0.2) is 9.67 Å². The van der Waals surface area contributed by atoms with Crippen LogP contribution in [0.3, 0.4) is 0 Å². The minimum atomic E-state index is 0.599. The number of hydrogen-bond donors (Lipinski definition) is 2. The first-order chi connectivity index (χ1) is 16.1. The number of aliphatic imine (C=N–C) groups is 1. The molecule has 4 rings (SSSR count). The topological polar surface area (TPSA) is 72.1 Å². The summed E-state index contributed by atoms with van der Waals surface area (Å²) in [5.74, 6) is 0.790. The van der Waals surface area contributed by atoms with Gasteiger partial charge in [-0.2, -0.15) is 10.2 Å². The average molecular weight is 442 g/mol. The number of rotatable bonds is 8. The molecule has 2 aromatic heterocycles. The molecule has 0 fully saturated rings. The molecule has 0 saturated heterocycles. The van der Waals surface area contributed by atoms with Crippen LogP contribution in [0.15, 0.2) is 78.0 Å². The molecule has 0 atom stereocenters. The van der Waals surface area contributed by atoms with Crippen LogP contribution in [-0.4, -0.2) is 32.1 Å². The van der Waals surface area contributed by atoms with Crippen molar-refractivity contribution in [3.8, 4) is 5.69 Å². The molecule has 4 aromatic rings. The van der Waals surface area contributed by atoms with E-state index in [9.17, 15) is 0 Å². The standard InChI is InChI=1S/C26H31N7/c1-4-27-26(28-17-22-9-7-10-23(16-22)19-32-14-8-13-30-32)29-18-24-11-5-6-12-25(24)33-21(3)15-20(2)31-33/h5-16H,4,17-19H2,1-3H3,(H2,27,28,29). The second kappa shape index (κ2) is 10.6. The molecule has 0 saturated carbocycles. The highest BCUT2D eigenvalue weighted by molar-refractivity contribution is 5.79. The predicted molar refractivity (Wildman–Crippen MR) is 132 cm³/mol. The minimum Gasteiger partial charge on any atom is -0.357 e. The van der Waals surface area contributed by atoms with Crippen molar-refractivity contribution < 1.29 is 0 Å². The first-order valence-electron chi connectivity index (χ1n) is 11.3. The van der Waals surface area contributed by atoms with Crippen molar-refractivity contribution in [1.82, 2.24) is 30.2 Å². The van der Waals surface area contributed by atoms with E-state index in [4.69, 9.17) is 4.99 Å². The van der Waals surface area contributed by atoms with Gasteiger partial charge in [0.2, 0.25) is 0 Å². The van der Waals surface area contributed by atoms with Gasteiger partial charge in [-0.05, 0) is 55.7 Å². The molecule has 0 aliphatic heterocycles. The van der Waals surface area contributed by atoms with Crippen LogP contribution in [0.2, 0.25) is 0 Å². The van der Waals surface area contributed by atoms with Crippen molar-refractivity contribution >= 4 is 5.96 Å². The van der Waals surface area contributed by atoms with E-state index in [2.05, 4.69) is 83.2 Å². The molecule has 0 radical (unpaired) electrons. The summed E-state index contributed by atoms with van der Waals surface area (Å²) in [6.07, 6.45) is 3.78. The summed E-state index contributed by atoms with van der Waals surface area (Å²) in [6, 6.07) is 20.9. The maximum atomic E-state index is 4.81. The van der Waals surface area contributed by atoms with Crippen molar-refractivity contribution in [2.75, 3.05) is 6.54 Å². The smallest absolute Gasteiger partial charge is 0.191 e. The van der Waals surface area contributed by atoms with E-state index in [-0.39, 0.29) is 0 Å². The van der Waals surface area contributed by atoms with Crippen molar-refractivity contribution in [2.24, 2.45) is 4.99 Å². The Balaban J connectivity index is 1.45. The van der Waals surface area contributed by atoms with E-state index in [0.29, 0.717) is 13.1 Å². The Bertz CT molecular complexity index is 1210. The van der Waals surface area contributed by atoms with Crippen LogP contribution in [0.25, 0.3) is 5.69 Å². The Labute approximate surface area is 195 Å². The predicted octanol–water partition coefficient (Wildman–Crippen LogP) is 3.99. The number of guanidine groups is 1. The third-order valence-corrected chi connectivity index (χ3v) is 5.33. The zero-order valence-electron chi connectivity index (χ0n) is 19.5. The molecule has 7 nitrogen and oxygen atoms in total. The van der Waals surface area contributed by atoms with E-state index in [1.54, 1.807) is 6.20 Å². The quantitative estimate of drug-likeness (QED) is 0.320. The van der Waals surface area contributed by atoms with Crippen LogP contribution in [-0.2, 0) is 19.6 Å². The number of para-hydroxylation sites is 1. The van der Waals surface area contributed by atoms with Crippen LogP contribution in [0.1, 0.15) is 35.0 Å². The van der Waals surface area contributed by atoms with Gasteiger partial charge in [0, 0.05) is 31.2 Å². The van der Waals surface area contributed by atoms with Gasteiger partial charge in [0.25, 0.3) is 0 Å². The van der Waals surface area contributed by atoms with E-state index < -0.39 is 0 Å². The van der Waals surface area contributed by atoms with Crippen molar-refractivity contribution in [3.05, 3.63) is 101 Å². The van der Waals surface area contributed by atoms with E-state index in [0.717, 1.165) is 41.7 Å². The van der Waals surface area contributed by atoms with Gasteiger partial charge in [-0.1, -0.05) is 42.5 Å². The molecule has 7 heteroatoms. The fraction of sp³-hybridized carbons (Fsp3) is 0.269. The lowest BCUT2D eigenvalue weighted by molar-refractivity contribution is 0.686. The highest BCUT2D eigenvalue weighted by atomic mass is 15.3. The van der Waals surface area contributed by atoms with Gasteiger partial charge in [0.1, 0.15) is 0 Å². The highest BCUT2D eigenvalue weighted by Crippen LogP contribution is 2.17. The summed E-state index contributed by atoms with van der Waals surface area (Å²) in [6.45, 7) is 8.98. The molecule has 2 aromatic carbocycles. The number of aromatic nitrogens is 4. The largest absolute Gasteiger partial charge is 0.357 e. The first kappa shape index (κ1) is 22.3. The molecule has 170 valence electrons. The maximum Gasteiger partial charge on any atom is 0.191 e. The number of aryl methyl sites for hydroxylation is 2. The Morgan fingerprint density at radius 1 is 0.970 bits per heavy atom. The Kier molecular flexibility index (Phi) is 7.19. The van der Waals surface area contributed by atoms with Crippen LogP contribution in [0, 0.1) is 13.8 Å². The summed E-state index contributed by atoms with van der Waals surface area (Å²) in [7, 11) is 0. The van der Waals surface area contributed by atoms with Crippen LogP contribution < -0.4 is 10.6 Å². The molecule has 0 spiro atoms. The molecule has 0 aliphatic rings. The molecule has 0 bridgehead atoms. The molecule has 0 unspecified atom stereocenters. The van der Waals surface area contributed by atoms with Gasteiger partial charge in [-0.15, -0.1) is 0 Å². The lowest BCUT2D eigenvalue weighted by Gasteiger charge is -2.15. The van der Waals surface area contributed by atoms with E-state index >= 15 is 0 Å². The molecule has 33 heavy (non-hydrogen) atoms. The van der Waals surface area contributed by atoms with Crippen LogP contribution >= 0.6 is 0 Å². The zero-order valence-corrected chi connectivity index (χ0v) is 19.5. The Hall–Kier alpha value is -3.87. The SMILES string of the molecule is CCNC(=NCc1cccc(Cn2cccn2)c1)NCc1ccccc1-n1nc(C)cc1C. The van der Waals surface area contributed by atoms with Crippen LogP contribution in [0.4, 0.5) is 0 Å². The Morgan fingerprint density at radius 2 is 1.82 bits per heavy atom. The minimum absolute atomic E-state index is 0.599. The number of hydrogen-bond acceptors (Lipinski definition) is 3. The van der Waals surface area contributed by atoms with Crippen molar-refractivity contribution in [1.29, 1.82) is 0 Å². The monoisotopic (exact) mass is 441 g/mol. The second-order valence-electron chi connectivity index (χ2n) is 8.04.